The number of rotatable bonds is 5. The number of hydrogen-bond donors (Lipinski definition) is 2. The van der Waals surface area contributed by atoms with Gasteiger partial charge in [-0.3, -0.25) is 9.69 Å². The lowest BCUT2D eigenvalue weighted by Gasteiger charge is -2.34. The van der Waals surface area contributed by atoms with E-state index >= 15 is 0 Å². The third-order valence-electron chi connectivity index (χ3n) is 6.05. The van der Waals surface area contributed by atoms with Crippen LogP contribution in [0.25, 0.3) is 11.0 Å². The SMILES string of the molecule is Cc1ccc(NC(=O)N2CCN(Cc3nc4cc(C(=O)NC(C)C)ccc4n3C)CC2)c(Cl)c1. The summed E-state index contributed by atoms with van der Waals surface area (Å²) >= 11 is 6.25. The first-order chi connectivity index (χ1) is 16.2. The van der Waals surface area contributed by atoms with Gasteiger partial charge in [-0.15, -0.1) is 0 Å². The van der Waals surface area contributed by atoms with Crippen LogP contribution >= 0.6 is 11.6 Å². The van der Waals surface area contributed by atoms with Crippen molar-refractivity contribution in [1.82, 2.24) is 24.7 Å². The number of nitrogens with zero attached hydrogens (tertiary/aromatic N) is 4. The van der Waals surface area contributed by atoms with E-state index < -0.39 is 0 Å². The highest BCUT2D eigenvalue weighted by atomic mass is 35.5. The summed E-state index contributed by atoms with van der Waals surface area (Å²) in [5, 5.41) is 6.37. The maximum atomic E-state index is 12.7. The van der Waals surface area contributed by atoms with Crippen molar-refractivity contribution >= 4 is 40.3 Å². The van der Waals surface area contributed by atoms with Crippen LogP contribution in [0.1, 0.15) is 35.6 Å². The van der Waals surface area contributed by atoms with E-state index in [2.05, 4.69) is 20.1 Å². The Balaban J connectivity index is 1.37. The fraction of sp³-hybridized carbons (Fsp3) is 0.400. The Kier molecular flexibility index (Phi) is 7.09. The molecule has 0 radical (unpaired) electrons. The molecule has 0 bridgehead atoms. The lowest BCUT2D eigenvalue weighted by Crippen LogP contribution is -2.49. The molecule has 1 aliphatic heterocycles. The number of aromatic nitrogens is 2. The molecular formula is C25H31ClN6O2. The third-order valence-corrected chi connectivity index (χ3v) is 6.36. The Bertz CT molecular complexity index is 1210. The van der Waals surface area contributed by atoms with Crippen LogP contribution in [0.5, 0.6) is 0 Å². The van der Waals surface area contributed by atoms with Crippen LogP contribution in [0.4, 0.5) is 10.5 Å². The molecule has 2 heterocycles. The zero-order valence-corrected chi connectivity index (χ0v) is 20.8. The number of anilines is 1. The molecule has 3 aromatic rings. The number of carbonyl (C=O) groups excluding carboxylic acids is 2. The molecule has 1 fully saturated rings. The molecule has 2 aromatic carbocycles. The number of amides is 3. The molecule has 2 N–H and O–H groups in total. The van der Waals surface area contributed by atoms with Gasteiger partial charge in [0.2, 0.25) is 0 Å². The summed E-state index contributed by atoms with van der Waals surface area (Å²) in [6, 6.07) is 11.2. The first-order valence-electron chi connectivity index (χ1n) is 11.5. The van der Waals surface area contributed by atoms with Gasteiger partial charge in [-0.1, -0.05) is 17.7 Å². The van der Waals surface area contributed by atoms with E-state index in [9.17, 15) is 9.59 Å². The Morgan fingerprint density at radius 3 is 2.50 bits per heavy atom. The van der Waals surface area contributed by atoms with Crippen LogP contribution < -0.4 is 10.6 Å². The van der Waals surface area contributed by atoms with E-state index in [1.54, 1.807) is 4.90 Å². The largest absolute Gasteiger partial charge is 0.350 e. The van der Waals surface area contributed by atoms with Crippen molar-refractivity contribution in [1.29, 1.82) is 0 Å². The Morgan fingerprint density at radius 1 is 1.09 bits per heavy atom. The van der Waals surface area contributed by atoms with Gasteiger partial charge in [-0.05, 0) is 56.7 Å². The van der Waals surface area contributed by atoms with Gasteiger partial charge in [-0.2, -0.15) is 0 Å². The fourth-order valence-electron chi connectivity index (χ4n) is 4.10. The zero-order chi connectivity index (χ0) is 24.4. The molecule has 4 rings (SSSR count). The van der Waals surface area contributed by atoms with E-state index in [1.807, 2.05) is 64.2 Å². The van der Waals surface area contributed by atoms with Crippen molar-refractivity contribution in [3.05, 3.63) is 58.4 Å². The molecule has 0 atom stereocenters. The summed E-state index contributed by atoms with van der Waals surface area (Å²) in [7, 11) is 1.99. The van der Waals surface area contributed by atoms with E-state index in [4.69, 9.17) is 16.6 Å². The minimum Gasteiger partial charge on any atom is -0.350 e. The van der Waals surface area contributed by atoms with Crippen LogP contribution in [0.2, 0.25) is 5.02 Å². The predicted octanol–water partition coefficient (Wildman–Crippen LogP) is 4.02. The fourth-order valence-corrected chi connectivity index (χ4v) is 4.39. The minimum atomic E-state index is -0.139. The quantitative estimate of drug-likeness (QED) is 0.575. The van der Waals surface area contributed by atoms with E-state index in [1.165, 1.54) is 0 Å². The van der Waals surface area contributed by atoms with Crippen molar-refractivity contribution in [2.24, 2.45) is 7.05 Å². The van der Waals surface area contributed by atoms with Crippen molar-refractivity contribution < 1.29 is 9.59 Å². The van der Waals surface area contributed by atoms with E-state index in [0.29, 0.717) is 35.9 Å². The van der Waals surface area contributed by atoms with Crippen LogP contribution in [0.15, 0.2) is 36.4 Å². The van der Waals surface area contributed by atoms with Gasteiger partial charge in [0.25, 0.3) is 5.91 Å². The van der Waals surface area contributed by atoms with Crippen LogP contribution in [-0.2, 0) is 13.6 Å². The highest BCUT2D eigenvalue weighted by Gasteiger charge is 2.23. The van der Waals surface area contributed by atoms with Gasteiger partial charge in [0.15, 0.2) is 0 Å². The lowest BCUT2D eigenvalue weighted by molar-refractivity contribution is 0.0943. The van der Waals surface area contributed by atoms with Crippen LogP contribution in [0, 0.1) is 6.92 Å². The molecule has 0 spiro atoms. The number of urea groups is 1. The molecule has 0 saturated carbocycles. The third kappa shape index (κ3) is 5.34. The Labute approximate surface area is 204 Å². The second kappa shape index (κ2) is 10.0. The zero-order valence-electron chi connectivity index (χ0n) is 20.1. The minimum absolute atomic E-state index is 0.0807. The molecular weight excluding hydrogens is 452 g/mol. The molecule has 1 aliphatic rings. The second-order valence-corrected chi connectivity index (χ2v) is 9.50. The van der Waals surface area contributed by atoms with E-state index in [-0.39, 0.29) is 18.0 Å². The maximum Gasteiger partial charge on any atom is 0.321 e. The number of halogens is 1. The van der Waals surface area contributed by atoms with Crippen molar-refractivity contribution in [3.63, 3.8) is 0 Å². The van der Waals surface area contributed by atoms with Crippen LogP contribution in [0.3, 0.4) is 0 Å². The number of nitrogens with one attached hydrogen (secondary N) is 2. The van der Waals surface area contributed by atoms with Crippen molar-refractivity contribution in [2.75, 3.05) is 31.5 Å². The van der Waals surface area contributed by atoms with Gasteiger partial charge in [-0.25, -0.2) is 9.78 Å². The second-order valence-electron chi connectivity index (χ2n) is 9.10. The normalized spacial score (nSPS) is 14.6. The molecule has 180 valence electrons. The topological polar surface area (TPSA) is 82.5 Å². The summed E-state index contributed by atoms with van der Waals surface area (Å²) in [5.41, 5.74) is 4.08. The standard InChI is InChI=1S/C25H31ClN6O2/c1-16(2)27-24(33)18-6-8-22-21(14-18)28-23(30(22)4)15-31-9-11-32(12-10-31)25(34)29-20-7-5-17(3)13-19(20)26/h5-8,13-14,16H,9-12,15H2,1-4H3,(H,27,33)(H,29,34). The Hall–Kier alpha value is -3.10. The van der Waals surface area contributed by atoms with Crippen LogP contribution in [-0.4, -0.2) is 63.5 Å². The van der Waals surface area contributed by atoms with E-state index in [0.717, 1.165) is 35.5 Å². The van der Waals surface area contributed by atoms with Gasteiger partial charge in [0.1, 0.15) is 5.82 Å². The monoisotopic (exact) mass is 482 g/mol. The first kappa shape index (κ1) is 24.0. The van der Waals surface area contributed by atoms with Crippen molar-refractivity contribution in [2.45, 2.75) is 33.4 Å². The van der Waals surface area contributed by atoms with Gasteiger partial charge < -0.3 is 20.1 Å². The summed E-state index contributed by atoms with van der Waals surface area (Å²) in [5.74, 6) is 0.839. The number of piperazine rings is 1. The smallest absolute Gasteiger partial charge is 0.321 e. The Morgan fingerprint density at radius 2 is 1.82 bits per heavy atom. The molecule has 9 heteroatoms. The van der Waals surface area contributed by atoms with Gasteiger partial charge in [0.05, 0.1) is 28.3 Å². The molecule has 0 aliphatic carbocycles. The molecule has 3 amide bonds. The van der Waals surface area contributed by atoms with Crippen molar-refractivity contribution in [3.8, 4) is 0 Å². The first-order valence-corrected chi connectivity index (χ1v) is 11.9. The molecule has 1 saturated heterocycles. The number of imidazole rings is 1. The summed E-state index contributed by atoms with van der Waals surface area (Å²) in [6.07, 6.45) is 0. The number of benzene rings is 2. The summed E-state index contributed by atoms with van der Waals surface area (Å²) in [4.78, 5) is 33.9. The summed E-state index contributed by atoms with van der Waals surface area (Å²) in [6.45, 7) is 9.27. The molecule has 0 unspecified atom stereocenters. The number of aryl methyl sites for hydroxylation is 2. The molecule has 34 heavy (non-hydrogen) atoms. The number of fused-ring (bicyclic) bond motifs is 1. The number of hydrogen-bond acceptors (Lipinski definition) is 4. The lowest BCUT2D eigenvalue weighted by atomic mass is 10.2. The average molecular weight is 483 g/mol. The highest BCUT2D eigenvalue weighted by molar-refractivity contribution is 6.33. The molecule has 8 nitrogen and oxygen atoms in total. The van der Waals surface area contributed by atoms with Gasteiger partial charge in [0, 0.05) is 44.8 Å². The average Bonchev–Trinajstić information content (AvgIpc) is 3.10. The summed E-state index contributed by atoms with van der Waals surface area (Å²) < 4.78 is 2.07. The maximum absolute atomic E-state index is 12.7. The van der Waals surface area contributed by atoms with Gasteiger partial charge >= 0.3 is 6.03 Å². The predicted molar refractivity (Wildman–Crippen MR) is 135 cm³/mol. The molecule has 1 aromatic heterocycles. The highest BCUT2D eigenvalue weighted by Crippen LogP contribution is 2.23. The number of carbonyl (C=O) groups is 2.